The van der Waals surface area contributed by atoms with Gasteiger partial charge in [0.25, 0.3) is 0 Å². The lowest BCUT2D eigenvalue weighted by Gasteiger charge is -2.18. The van der Waals surface area contributed by atoms with Crippen LogP contribution in [0.1, 0.15) is 247 Å². The third kappa shape index (κ3) is 39.9. The van der Waals surface area contributed by atoms with Crippen molar-refractivity contribution in [1.29, 1.82) is 0 Å². The average Bonchev–Trinajstić information content (AvgIpc) is 3.12. The Morgan fingerprint density at radius 3 is 0.981 bits per heavy atom. The molecule has 0 amide bonds. The number of carbonyl (C=O) groups excluding carboxylic acids is 3. The second kappa shape index (κ2) is 38.7. The normalized spacial score (nSPS) is 12.7. The zero-order valence-electron chi connectivity index (χ0n) is 36.3. The largest absolute Gasteiger partial charge is 0.462 e. The van der Waals surface area contributed by atoms with Gasteiger partial charge < -0.3 is 14.2 Å². The number of rotatable bonds is 40. The molecule has 1 unspecified atom stereocenters. The lowest BCUT2D eigenvalue weighted by atomic mass is 10.00. The zero-order valence-corrected chi connectivity index (χ0v) is 36.3. The first-order valence-electron chi connectivity index (χ1n) is 23.1. The second-order valence-electron chi connectivity index (χ2n) is 17.2. The third-order valence-corrected chi connectivity index (χ3v) is 10.8. The quantitative estimate of drug-likeness (QED) is 0.0352. The van der Waals surface area contributed by atoms with Crippen molar-refractivity contribution in [2.75, 3.05) is 13.2 Å². The molecule has 0 aliphatic heterocycles. The summed E-state index contributed by atoms with van der Waals surface area (Å²) in [5.74, 6) is 1.57. The Kier molecular flexibility index (Phi) is 37.5. The van der Waals surface area contributed by atoms with Crippen molar-refractivity contribution in [2.24, 2.45) is 17.8 Å². The van der Waals surface area contributed by atoms with Gasteiger partial charge in [0.1, 0.15) is 13.2 Å². The fraction of sp³-hybridized carbons (Fsp3) is 0.936. The molecular weight excluding hydrogens is 661 g/mol. The van der Waals surface area contributed by atoms with E-state index in [1.54, 1.807) is 0 Å². The van der Waals surface area contributed by atoms with Gasteiger partial charge in [-0.2, -0.15) is 0 Å². The summed E-state index contributed by atoms with van der Waals surface area (Å²) in [5.41, 5.74) is 0. The minimum atomic E-state index is -0.762. The van der Waals surface area contributed by atoms with Crippen molar-refractivity contribution >= 4 is 17.9 Å². The Morgan fingerprint density at radius 2 is 0.660 bits per heavy atom. The molecule has 0 heterocycles. The third-order valence-electron chi connectivity index (χ3n) is 10.8. The monoisotopic (exact) mass is 751 g/mol. The summed E-state index contributed by atoms with van der Waals surface area (Å²) in [5, 5.41) is 0. The van der Waals surface area contributed by atoms with Crippen LogP contribution in [-0.2, 0) is 28.6 Å². The standard InChI is InChI=1S/C47H90O6/c1-7-43(6)35-29-23-19-20-25-31-37-46(49)52-40-44(39-51-45(48)36-30-24-17-14-13-16-22-28-34-42(4)5)53-47(50)38-32-26-18-12-10-8-9-11-15-21-27-33-41(2)3/h41-44H,7-40H2,1-6H3/t43?,44-/m1/s1. The fourth-order valence-electron chi connectivity index (χ4n) is 6.85. The Labute approximate surface area is 329 Å². The summed E-state index contributed by atoms with van der Waals surface area (Å²) in [7, 11) is 0. The summed E-state index contributed by atoms with van der Waals surface area (Å²) < 4.78 is 16.7. The molecule has 0 N–H and O–H groups in total. The van der Waals surface area contributed by atoms with E-state index in [0.29, 0.717) is 19.3 Å². The SMILES string of the molecule is CCC(C)CCCCCCCCC(=O)OC[C@@H](COC(=O)CCCCCCCCCCC(C)C)OC(=O)CCCCCCCCCCCCCC(C)C. The maximum Gasteiger partial charge on any atom is 0.306 e. The number of esters is 3. The number of carbonyl (C=O) groups is 3. The van der Waals surface area contributed by atoms with E-state index in [1.807, 2.05) is 0 Å². The highest BCUT2D eigenvalue weighted by Crippen LogP contribution is 2.17. The molecular formula is C47H90O6. The van der Waals surface area contributed by atoms with E-state index < -0.39 is 6.10 Å². The predicted molar refractivity (Wildman–Crippen MR) is 224 cm³/mol. The minimum absolute atomic E-state index is 0.0669. The molecule has 0 saturated carbocycles. The summed E-state index contributed by atoms with van der Waals surface area (Å²) >= 11 is 0. The summed E-state index contributed by atoms with van der Waals surface area (Å²) in [6, 6.07) is 0. The smallest absolute Gasteiger partial charge is 0.306 e. The van der Waals surface area contributed by atoms with Crippen molar-refractivity contribution in [3.05, 3.63) is 0 Å². The van der Waals surface area contributed by atoms with E-state index >= 15 is 0 Å². The van der Waals surface area contributed by atoms with Gasteiger partial charge in [-0.25, -0.2) is 0 Å². The van der Waals surface area contributed by atoms with Crippen LogP contribution in [0.5, 0.6) is 0 Å². The van der Waals surface area contributed by atoms with Crippen molar-refractivity contribution in [1.82, 2.24) is 0 Å². The minimum Gasteiger partial charge on any atom is -0.462 e. The molecule has 6 heteroatoms. The number of unbranched alkanes of at least 4 members (excludes halogenated alkanes) is 22. The van der Waals surface area contributed by atoms with E-state index in [2.05, 4.69) is 41.5 Å². The molecule has 0 saturated heterocycles. The molecule has 314 valence electrons. The van der Waals surface area contributed by atoms with Gasteiger partial charge in [0.15, 0.2) is 6.10 Å². The van der Waals surface area contributed by atoms with Gasteiger partial charge in [0.05, 0.1) is 0 Å². The molecule has 0 aliphatic rings. The number of hydrogen-bond donors (Lipinski definition) is 0. The van der Waals surface area contributed by atoms with Gasteiger partial charge >= 0.3 is 17.9 Å². The van der Waals surface area contributed by atoms with Gasteiger partial charge in [-0.15, -0.1) is 0 Å². The molecule has 2 atom stereocenters. The van der Waals surface area contributed by atoms with Crippen LogP contribution in [-0.4, -0.2) is 37.2 Å². The predicted octanol–water partition coefficient (Wildman–Crippen LogP) is 14.4. The van der Waals surface area contributed by atoms with Crippen LogP contribution < -0.4 is 0 Å². The molecule has 0 aromatic heterocycles. The Balaban J connectivity index is 4.35. The van der Waals surface area contributed by atoms with Crippen molar-refractivity contribution in [2.45, 2.75) is 253 Å². The Morgan fingerprint density at radius 1 is 0.377 bits per heavy atom. The first kappa shape index (κ1) is 51.4. The number of hydrogen-bond acceptors (Lipinski definition) is 6. The summed E-state index contributed by atoms with van der Waals surface area (Å²) in [6.07, 6.45) is 35.2. The van der Waals surface area contributed by atoms with E-state index in [-0.39, 0.29) is 31.1 Å². The first-order valence-corrected chi connectivity index (χ1v) is 23.1. The highest BCUT2D eigenvalue weighted by molar-refractivity contribution is 5.71. The van der Waals surface area contributed by atoms with Crippen LogP contribution in [0.25, 0.3) is 0 Å². The summed E-state index contributed by atoms with van der Waals surface area (Å²) in [6.45, 7) is 13.6. The van der Waals surface area contributed by atoms with Crippen LogP contribution >= 0.6 is 0 Å². The van der Waals surface area contributed by atoms with Crippen molar-refractivity contribution in [3.63, 3.8) is 0 Å². The molecule has 0 radical (unpaired) electrons. The average molecular weight is 751 g/mol. The number of ether oxygens (including phenoxy) is 3. The highest BCUT2D eigenvalue weighted by Gasteiger charge is 2.19. The van der Waals surface area contributed by atoms with E-state index in [1.165, 1.54) is 128 Å². The van der Waals surface area contributed by atoms with Gasteiger partial charge in [-0.05, 0) is 37.0 Å². The van der Waals surface area contributed by atoms with Crippen molar-refractivity contribution < 1.29 is 28.6 Å². The molecule has 0 rings (SSSR count). The molecule has 0 fully saturated rings. The molecule has 0 aromatic rings. The first-order chi connectivity index (χ1) is 25.6. The molecule has 6 nitrogen and oxygen atoms in total. The maximum atomic E-state index is 12.7. The second-order valence-corrected chi connectivity index (χ2v) is 17.2. The molecule has 0 aromatic carbocycles. The fourth-order valence-corrected chi connectivity index (χ4v) is 6.85. The van der Waals surface area contributed by atoms with E-state index in [4.69, 9.17) is 14.2 Å². The molecule has 0 aliphatic carbocycles. The van der Waals surface area contributed by atoms with Crippen LogP contribution in [0.4, 0.5) is 0 Å². The lowest BCUT2D eigenvalue weighted by molar-refractivity contribution is -0.167. The Hall–Kier alpha value is -1.59. The zero-order chi connectivity index (χ0) is 39.2. The van der Waals surface area contributed by atoms with E-state index in [9.17, 15) is 14.4 Å². The summed E-state index contributed by atoms with van der Waals surface area (Å²) in [4.78, 5) is 37.7. The molecule has 0 bridgehead atoms. The van der Waals surface area contributed by atoms with Gasteiger partial charge in [0.2, 0.25) is 0 Å². The lowest BCUT2D eigenvalue weighted by Crippen LogP contribution is -2.30. The molecule has 53 heavy (non-hydrogen) atoms. The maximum absolute atomic E-state index is 12.7. The van der Waals surface area contributed by atoms with E-state index in [0.717, 1.165) is 75.5 Å². The highest BCUT2D eigenvalue weighted by atomic mass is 16.6. The van der Waals surface area contributed by atoms with Crippen LogP contribution in [0, 0.1) is 17.8 Å². The van der Waals surface area contributed by atoms with Crippen LogP contribution in [0.3, 0.4) is 0 Å². The molecule has 0 spiro atoms. The van der Waals surface area contributed by atoms with Crippen LogP contribution in [0.15, 0.2) is 0 Å². The Bertz CT molecular complexity index is 824. The van der Waals surface area contributed by atoms with Crippen LogP contribution in [0.2, 0.25) is 0 Å². The topological polar surface area (TPSA) is 78.9 Å². The van der Waals surface area contributed by atoms with Gasteiger partial charge in [0, 0.05) is 19.3 Å². The van der Waals surface area contributed by atoms with Crippen molar-refractivity contribution in [3.8, 4) is 0 Å². The van der Waals surface area contributed by atoms with Gasteiger partial charge in [-0.1, -0.05) is 208 Å². The van der Waals surface area contributed by atoms with Gasteiger partial charge in [-0.3, -0.25) is 14.4 Å².